The largest absolute Gasteiger partial charge is 0.478 e. The Balaban J connectivity index is 1.43. The molecule has 1 aliphatic carbocycles. The van der Waals surface area contributed by atoms with E-state index in [0.717, 1.165) is 37.7 Å². The molecule has 1 saturated heterocycles. The van der Waals surface area contributed by atoms with Crippen LogP contribution in [0.5, 0.6) is 0 Å². The second-order valence-electron chi connectivity index (χ2n) is 7.02. The number of carbonyl (C=O) groups is 1. The average Bonchev–Trinajstić information content (AvgIpc) is 3.19. The number of halogens is 1. The second-order valence-corrected chi connectivity index (χ2v) is 7.02. The van der Waals surface area contributed by atoms with Crippen molar-refractivity contribution in [2.45, 2.75) is 50.7 Å². The molecular formula is C18H21FN4O2. The maximum Gasteiger partial charge on any atom is 0.335 e. The summed E-state index contributed by atoms with van der Waals surface area (Å²) in [5, 5.41) is 17.4. The maximum atomic E-state index is 14.2. The number of carboxylic acids is 1. The Morgan fingerprint density at radius 2 is 2.16 bits per heavy atom. The summed E-state index contributed by atoms with van der Waals surface area (Å²) in [6.45, 7) is 2.16. The van der Waals surface area contributed by atoms with Gasteiger partial charge >= 0.3 is 5.97 Å². The van der Waals surface area contributed by atoms with Gasteiger partial charge < -0.3 is 5.11 Å². The highest BCUT2D eigenvalue weighted by atomic mass is 19.1. The molecule has 1 aromatic heterocycles. The summed E-state index contributed by atoms with van der Waals surface area (Å²) >= 11 is 0. The number of hydrogen-bond donors (Lipinski definition) is 1. The minimum Gasteiger partial charge on any atom is -0.478 e. The van der Waals surface area contributed by atoms with E-state index in [-0.39, 0.29) is 5.56 Å². The summed E-state index contributed by atoms with van der Waals surface area (Å²) in [5.41, 5.74) is 1.60. The van der Waals surface area contributed by atoms with Gasteiger partial charge in [-0.1, -0.05) is 11.3 Å². The first-order valence-corrected chi connectivity index (χ1v) is 8.76. The van der Waals surface area contributed by atoms with Crippen molar-refractivity contribution in [1.82, 2.24) is 19.9 Å². The number of carboxylic acid groups (broad SMARTS) is 1. The molecule has 2 heterocycles. The van der Waals surface area contributed by atoms with Crippen LogP contribution in [0.3, 0.4) is 0 Å². The highest BCUT2D eigenvalue weighted by molar-refractivity contribution is 5.87. The van der Waals surface area contributed by atoms with Gasteiger partial charge in [0.15, 0.2) is 0 Å². The minimum absolute atomic E-state index is 0.0190. The van der Waals surface area contributed by atoms with Gasteiger partial charge in [0, 0.05) is 30.3 Å². The second kappa shape index (κ2) is 6.55. The first kappa shape index (κ1) is 16.2. The fourth-order valence-electron chi connectivity index (χ4n) is 3.52. The topological polar surface area (TPSA) is 71.2 Å². The Labute approximate surface area is 145 Å². The standard InChI is InChI=1S/C18H21FN4O2/c19-16-8-13(18(24)25)5-6-14(16)9-22-7-1-2-15(22)10-23-11-17(20-21-23)12-3-4-12/h5-6,8,11-12,15H,1-4,7,9-10H2,(H,24,25)/t15-/m0/s1. The molecule has 25 heavy (non-hydrogen) atoms. The Morgan fingerprint density at radius 1 is 1.32 bits per heavy atom. The zero-order chi connectivity index (χ0) is 17.4. The van der Waals surface area contributed by atoms with Crippen LogP contribution in [0.25, 0.3) is 0 Å². The van der Waals surface area contributed by atoms with Crippen LogP contribution in [0.4, 0.5) is 4.39 Å². The molecule has 1 aromatic carbocycles. The van der Waals surface area contributed by atoms with Crippen LogP contribution in [0.2, 0.25) is 0 Å². The molecule has 0 amide bonds. The van der Waals surface area contributed by atoms with Crippen molar-refractivity contribution in [1.29, 1.82) is 0 Å². The van der Waals surface area contributed by atoms with Gasteiger partial charge in [-0.3, -0.25) is 9.58 Å². The Kier molecular flexibility index (Phi) is 4.25. The van der Waals surface area contributed by atoms with Crippen LogP contribution in [0, 0.1) is 5.82 Å². The van der Waals surface area contributed by atoms with Gasteiger partial charge in [-0.15, -0.1) is 5.10 Å². The smallest absolute Gasteiger partial charge is 0.335 e. The predicted octanol–water partition coefficient (Wildman–Crippen LogP) is 2.66. The molecule has 0 spiro atoms. The first-order valence-electron chi connectivity index (χ1n) is 8.76. The molecule has 0 radical (unpaired) electrons. The van der Waals surface area contributed by atoms with Gasteiger partial charge in [0.1, 0.15) is 5.82 Å². The molecule has 4 rings (SSSR count). The quantitative estimate of drug-likeness (QED) is 0.872. The lowest BCUT2D eigenvalue weighted by atomic mass is 10.1. The summed E-state index contributed by atoms with van der Waals surface area (Å²) < 4.78 is 16.1. The van der Waals surface area contributed by atoms with E-state index in [1.807, 2.05) is 10.9 Å². The molecule has 0 unspecified atom stereocenters. The highest BCUT2D eigenvalue weighted by Crippen LogP contribution is 2.38. The number of rotatable bonds is 6. The van der Waals surface area contributed by atoms with E-state index in [2.05, 4.69) is 15.2 Å². The van der Waals surface area contributed by atoms with Crippen LogP contribution in [-0.4, -0.2) is 43.6 Å². The fraction of sp³-hybridized carbons (Fsp3) is 0.500. The van der Waals surface area contributed by atoms with Gasteiger partial charge in [-0.25, -0.2) is 9.18 Å². The molecule has 0 bridgehead atoms. The monoisotopic (exact) mass is 344 g/mol. The SMILES string of the molecule is O=C(O)c1ccc(CN2CCC[C@H]2Cn2cc(C3CC3)nn2)c(F)c1. The van der Waals surface area contributed by atoms with Crippen LogP contribution in [0.15, 0.2) is 24.4 Å². The lowest BCUT2D eigenvalue weighted by Crippen LogP contribution is -2.33. The summed E-state index contributed by atoms with van der Waals surface area (Å²) in [6, 6.07) is 4.44. The van der Waals surface area contributed by atoms with E-state index in [1.165, 1.54) is 18.9 Å². The van der Waals surface area contributed by atoms with Crippen molar-refractivity contribution in [3.05, 3.63) is 47.0 Å². The molecule has 2 aromatic rings. The number of aromatic nitrogens is 3. The summed E-state index contributed by atoms with van der Waals surface area (Å²) in [6.07, 6.45) is 6.58. The van der Waals surface area contributed by atoms with E-state index < -0.39 is 11.8 Å². The van der Waals surface area contributed by atoms with Crippen molar-refractivity contribution in [2.24, 2.45) is 0 Å². The lowest BCUT2D eigenvalue weighted by Gasteiger charge is -2.24. The summed E-state index contributed by atoms with van der Waals surface area (Å²) in [4.78, 5) is 13.2. The highest BCUT2D eigenvalue weighted by Gasteiger charge is 2.29. The molecule has 6 nitrogen and oxygen atoms in total. The minimum atomic E-state index is -1.11. The van der Waals surface area contributed by atoms with E-state index in [4.69, 9.17) is 5.11 Å². The molecule has 1 saturated carbocycles. The molecule has 2 aliphatic rings. The van der Waals surface area contributed by atoms with E-state index >= 15 is 0 Å². The van der Waals surface area contributed by atoms with Crippen molar-refractivity contribution >= 4 is 5.97 Å². The van der Waals surface area contributed by atoms with Crippen molar-refractivity contribution in [3.63, 3.8) is 0 Å². The predicted molar refractivity (Wildman–Crippen MR) is 88.8 cm³/mol. The number of benzene rings is 1. The van der Waals surface area contributed by atoms with Gasteiger partial charge in [0.2, 0.25) is 0 Å². The Morgan fingerprint density at radius 3 is 2.88 bits per heavy atom. The van der Waals surface area contributed by atoms with Crippen LogP contribution >= 0.6 is 0 Å². The normalized spacial score (nSPS) is 20.9. The fourth-order valence-corrected chi connectivity index (χ4v) is 3.52. The number of likely N-dealkylation sites (tertiary alicyclic amines) is 1. The van der Waals surface area contributed by atoms with Crippen molar-refractivity contribution < 1.29 is 14.3 Å². The average molecular weight is 344 g/mol. The molecule has 1 atom stereocenters. The summed E-state index contributed by atoms with van der Waals surface area (Å²) in [5.74, 6) is -0.972. The zero-order valence-corrected chi connectivity index (χ0v) is 13.9. The van der Waals surface area contributed by atoms with Gasteiger partial charge in [-0.2, -0.15) is 0 Å². The van der Waals surface area contributed by atoms with E-state index in [0.29, 0.717) is 24.1 Å². The maximum absolute atomic E-state index is 14.2. The third-order valence-corrected chi connectivity index (χ3v) is 5.12. The van der Waals surface area contributed by atoms with Gasteiger partial charge in [0.25, 0.3) is 0 Å². The van der Waals surface area contributed by atoms with Crippen molar-refractivity contribution in [3.8, 4) is 0 Å². The van der Waals surface area contributed by atoms with Gasteiger partial charge in [0.05, 0.1) is 17.8 Å². The van der Waals surface area contributed by atoms with Crippen LogP contribution in [0.1, 0.15) is 53.2 Å². The molecular weight excluding hydrogens is 323 g/mol. The lowest BCUT2D eigenvalue weighted by molar-refractivity contribution is 0.0696. The van der Waals surface area contributed by atoms with E-state index in [9.17, 15) is 9.18 Å². The third kappa shape index (κ3) is 3.56. The van der Waals surface area contributed by atoms with Gasteiger partial charge in [-0.05, 0) is 44.4 Å². The van der Waals surface area contributed by atoms with Crippen LogP contribution in [-0.2, 0) is 13.1 Å². The molecule has 2 fully saturated rings. The molecule has 1 N–H and O–H groups in total. The Hall–Kier alpha value is -2.28. The number of nitrogens with zero attached hydrogens (tertiary/aromatic N) is 4. The number of hydrogen-bond acceptors (Lipinski definition) is 4. The number of aromatic carboxylic acids is 1. The molecule has 1 aliphatic heterocycles. The Bertz CT molecular complexity index is 787. The third-order valence-electron chi connectivity index (χ3n) is 5.12. The van der Waals surface area contributed by atoms with Crippen molar-refractivity contribution in [2.75, 3.05) is 6.54 Å². The first-order chi connectivity index (χ1) is 12.1. The molecule has 132 valence electrons. The summed E-state index contributed by atoms with van der Waals surface area (Å²) in [7, 11) is 0. The zero-order valence-electron chi connectivity index (χ0n) is 13.9. The molecule has 7 heteroatoms. The van der Waals surface area contributed by atoms with Crippen LogP contribution < -0.4 is 0 Å². The van der Waals surface area contributed by atoms with E-state index in [1.54, 1.807) is 6.07 Å².